The second-order valence-corrected chi connectivity index (χ2v) is 9.12. The Labute approximate surface area is 186 Å². The number of carbonyl (C=O) groups excluding carboxylic acids is 1. The van der Waals surface area contributed by atoms with Crippen LogP contribution >= 0.6 is 0 Å². The summed E-state index contributed by atoms with van der Waals surface area (Å²) < 4.78 is 0. The Morgan fingerprint density at radius 2 is 1.27 bits per heavy atom. The normalized spacial score (nSPS) is 12.2. The number of unbranched alkanes of at least 4 members (excludes halogenated alkanes) is 13. The lowest BCUT2D eigenvalue weighted by Crippen LogP contribution is -2.13. The molecule has 30 heavy (non-hydrogen) atoms. The van der Waals surface area contributed by atoms with Gasteiger partial charge in [-0.25, -0.2) is 0 Å². The highest BCUT2D eigenvalue weighted by Gasteiger charge is 2.10. The van der Waals surface area contributed by atoms with Gasteiger partial charge >= 0.3 is 0 Å². The van der Waals surface area contributed by atoms with Gasteiger partial charge < -0.3 is 5.11 Å². The van der Waals surface area contributed by atoms with Crippen LogP contribution in [0.1, 0.15) is 128 Å². The number of aliphatic hydroxyl groups excluding tert-OH is 1. The average Bonchev–Trinajstić information content (AvgIpc) is 2.75. The van der Waals surface area contributed by atoms with Crippen molar-refractivity contribution >= 4 is 5.78 Å². The van der Waals surface area contributed by atoms with Crippen LogP contribution in [0.5, 0.6) is 0 Å². The van der Waals surface area contributed by atoms with Gasteiger partial charge in [0.2, 0.25) is 0 Å². The minimum atomic E-state index is -0.409. The molecule has 0 heterocycles. The van der Waals surface area contributed by atoms with Crippen LogP contribution in [0.15, 0.2) is 30.3 Å². The van der Waals surface area contributed by atoms with Gasteiger partial charge in [-0.3, -0.25) is 4.79 Å². The number of aryl methyl sites for hydroxylation is 1. The van der Waals surface area contributed by atoms with E-state index in [-0.39, 0.29) is 5.78 Å². The average molecular weight is 417 g/mol. The predicted molar refractivity (Wildman–Crippen MR) is 130 cm³/mol. The highest BCUT2D eigenvalue weighted by Crippen LogP contribution is 2.14. The fourth-order valence-corrected chi connectivity index (χ4v) is 4.16. The molecule has 0 amide bonds. The first-order valence-corrected chi connectivity index (χ1v) is 13.0. The molecule has 1 aromatic rings. The van der Waals surface area contributed by atoms with Crippen molar-refractivity contribution in [3.05, 3.63) is 35.9 Å². The minimum absolute atomic E-state index is 0.253. The van der Waals surface area contributed by atoms with Crippen LogP contribution in [0.25, 0.3) is 0 Å². The van der Waals surface area contributed by atoms with E-state index in [0.29, 0.717) is 12.8 Å². The van der Waals surface area contributed by atoms with E-state index in [4.69, 9.17) is 0 Å². The van der Waals surface area contributed by atoms with E-state index in [2.05, 4.69) is 37.3 Å². The van der Waals surface area contributed by atoms with E-state index in [1.54, 1.807) is 0 Å². The topological polar surface area (TPSA) is 37.3 Å². The molecule has 0 fully saturated rings. The lowest BCUT2D eigenvalue weighted by Gasteiger charge is -2.09. The summed E-state index contributed by atoms with van der Waals surface area (Å²) in [7, 11) is 0. The summed E-state index contributed by atoms with van der Waals surface area (Å²) in [5.74, 6) is 0.253. The van der Waals surface area contributed by atoms with E-state index < -0.39 is 6.10 Å². The highest BCUT2D eigenvalue weighted by atomic mass is 16.3. The smallest absolute Gasteiger partial charge is 0.135 e. The van der Waals surface area contributed by atoms with Crippen molar-refractivity contribution in [3.8, 4) is 0 Å². The summed E-state index contributed by atoms with van der Waals surface area (Å²) in [5, 5.41) is 9.88. The maximum absolute atomic E-state index is 11.9. The molecule has 1 rings (SSSR count). The number of hydrogen-bond acceptors (Lipinski definition) is 2. The SMILES string of the molecule is CCCCCC(O)CC(=O)CCCCCCCCCCCCCCc1ccccc1. The summed E-state index contributed by atoms with van der Waals surface area (Å²) in [6.07, 6.45) is 21.7. The number of carbonyl (C=O) groups is 1. The molecule has 0 radical (unpaired) electrons. The summed E-state index contributed by atoms with van der Waals surface area (Å²) in [5.41, 5.74) is 1.47. The molecule has 0 bridgehead atoms. The van der Waals surface area contributed by atoms with E-state index in [1.807, 2.05) is 0 Å². The molecular weight excluding hydrogens is 368 g/mol. The van der Waals surface area contributed by atoms with Gasteiger partial charge in [-0.15, -0.1) is 0 Å². The standard InChI is InChI=1S/C28H48O2/c1-2-3-15-23-27(29)25-28(30)24-19-13-11-9-7-5-4-6-8-10-12-16-20-26-21-17-14-18-22-26/h14,17-18,21-22,27,29H,2-13,15-16,19-20,23-25H2,1H3. The molecule has 0 aliphatic carbocycles. The lowest BCUT2D eigenvalue weighted by atomic mass is 10.0. The molecule has 1 N–H and O–H groups in total. The van der Waals surface area contributed by atoms with Crippen LogP contribution < -0.4 is 0 Å². The van der Waals surface area contributed by atoms with Gasteiger partial charge in [0, 0.05) is 12.8 Å². The third-order valence-corrected chi connectivity index (χ3v) is 6.12. The largest absolute Gasteiger partial charge is 0.393 e. The van der Waals surface area contributed by atoms with E-state index in [0.717, 1.165) is 32.1 Å². The second-order valence-electron chi connectivity index (χ2n) is 9.12. The minimum Gasteiger partial charge on any atom is -0.393 e. The molecule has 2 nitrogen and oxygen atoms in total. The molecule has 1 aromatic carbocycles. The Morgan fingerprint density at radius 3 is 1.83 bits per heavy atom. The molecule has 0 saturated heterocycles. The molecule has 0 spiro atoms. The van der Waals surface area contributed by atoms with Crippen molar-refractivity contribution in [1.29, 1.82) is 0 Å². The summed E-state index contributed by atoms with van der Waals surface area (Å²) in [4.78, 5) is 11.9. The van der Waals surface area contributed by atoms with Crippen molar-refractivity contribution in [2.45, 2.75) is 135 Å². The van der Waals surface area contributed by atoms with Crippen LogP contribution in [-0.2, 0) is 11.2 Å². The predicted octanol–water partition coefficient (Wildman–Crippen LogP) is 8.20. The van der Waals surface area contributed by atoms with Gasteiger partial charge in [0.05, 0.1) is 6.10 Å². The summed E-state index contributed by atoms with van der Waals surface area (Å²) in [6, 6.07) is 10.8. The van der Waals surface area contributed by atoms with Crippen LogP contribution in [0.3, 0.4) is 0 Å². The van der Waals surface area contributed by atoms with Crippen LogP contribution in [-0.4, -0.2) is 17.0 Å². The first-order valence-electron chi connectivity index (χ1n) is 13.0. The molecular formula is C28H48O2. The molecule has 0 aromatic heterocycles. The molecule has 1 atom stereocenters. The number of rotatable bonds is 21. The van der Waals surface area contributed by atoms with Crippen molar-refractivity contribution in [3.63, 3.8) is 0 Å². The van der Waals surface area contributed by atoms with Gasteiger partial charge in [-0.05, 0) is 31.2 Å². The lowest BCUT2D eigenvalue weighted by molar-refractivity contribution is -0.121. The maximum atomic E-state index is 11.9. The zero-order valence-electron chi connectivity index (χ0n) is 19.8. The number of ketones is 1. The monoisotopic (exact) mass is 416 g/mol. The zero-order chi connectivity index (χ0) is 21.7. The van der Waals surface area contributed by atoms with Crippen LogP contribution in [0, 0.1) is 0 Å². The van der Waals surface area contributed by atoms with E-state index in [1.165, 1.54) is 82.6 Å². The third-order valence-electron chi connectivity index (χ3n) is 6.12. The molecule has 0 saturated carbocycles. The highest BCUT2D eigenvalue weighted by molar-refractivity contribution is 5.78. The Balaban J connectivity index is 1.77. The van der Waals surface area contributed by atoms with Crippen molar-refractivity contribution < 1.29 is 9.90 Å². The fourth-order valence-electron chi connectivity index (χ4n) is 4.16. The van der Waals surface area contributed by atoms with Crippen molar-refractivity contribution in [2.24, 2.45) is 0 Å². The van der Waals surface area contributed by atoms with Gasteiger partial charge in [0.1, 0.15) is 5.78 Å². The number of aliphatic hydroxyl groups is 1. The molecule has 0 aliphatic heterocycles. The molecule has 172 valence electrons. The Bertz CT molecular complexity index is 497. The maximum Gasteiger partial charge on any atom is 0.135 e. The van der Waals surface area contributed by atoms with Gasteiger partial charge in [-0.2, -0.15) is 0 Å². The van der Waals surface area contributed by atoms with Gasteiger partial charge in [-0.1, -0.05) is 121 Å². The first kappa shape index (κ1) is 26.9. The second kappa shape index (κ2) is 19.8. The zero-order valence-corrected chi connectivity index (χ0v) is 19.8. The summed E-state index contributed by atoms with van der Waals surface area (Å²) >= 11 is 0. The quantitative estimate of drug-likeness (QED) is 0.205. The molecule has 2 heteroatoms. The van der Waals surface area contributed by atoms with E-state index in [9.17, 15) is 9.90 Å². The van der Waals surface area contributed by atoms with Gasteiger partial charge in [0.15, 0.2) is 0 Å². The third kappa shape index (κ3) is 16.6. The fraction of sp³-hybridized carbons (Fsp3) is 0.750. The first-order chi connectivity index (χ1) is 14.7. The summed E-state index contributed by atoms with van der Waals surface area (Å²) in [6.45, 7) is 2.16. The van der Waals surface area contributed by atoms with Crippen molar-refractivity contribution in [2.75, 3.05) is 0 Å². The molecule has 0 aliphatic rings. The number of Topliss-reactive ketones (excluding diaryl/α,β-unsaturated/α-hetero) is 1. The number of hydrogen-bond donors (Lipinski definition) is 1. The van der Waals surface area contributed by atoms with Crippen molar-refractivity contribution in [1.82, 2.24) is 0 Å². The molecule has 1 unspecified atom stereocenters. The van der Waals surface area contributed by atoms with E-state index >= 15 is 0 Å². The Hall–Kier alpha value is -1.15. The Kier molecular flexibility index (Phi) is 17.7. The number of benzene rings is 1. The van der Waals surface area contributed by atoms with Crippen LogP contribution in [0.2, 0.25) is 0 Å². The van der Waals surface area contributed by atoms with Gasteiger partial charge in [0.25, 0.3) is 0 Å². The Morgan fingerprint density at radius 1 is 0.733 bits per heavy atom. The van der Waals surface area contributed by atoms with Crippen LogP contribution in [0.4, 0.5) is 0 Å².